The highest BCUT2D eigenvalue weighted by molar-refractivity contribution is 5.97. The molecule has 0 aliphatic carbocycles. The number of likely N-dealkylation sites (tertiary alicyclic amines) is 1. The van der Waals surface area contributed by atoms with Gasteiger partial charge in [0, 0.05) is 19.5 Å². The minimum Gasteiger partial charge on any atom is -0.476 e. The van der Waals surface area contributed by atoms with Crippen molar-refractivity contribution >= 4 is 17.5 Å². The third kappa shape index (κ3) is 4.03. The van der Waals surface area contributed by atoms with Gasteiger partial charge < -0.3 is 14.5 Å². The molecule has 0 radical (unpaired) electrons. The Morgan fingerprint density at radius 3 is 2.43 bits per heavy atom. The Labute approximate surface area is 165 Å². The summed E-state index contributed by atoms with van der Waals surface area (Å²) < 4.78 is 6.01. The number of nitrogens with zero attached hydrogens (tertiary/aromatic N) is 2. The van der Waals surface area contributed by atoms with Gasteiger partial charge in [0.25, 0.3) is 5.91 Å². The van der Waals surface area contributed by atoms with Gasteiger partial charge in [-0.1, -0.05) is 42.5 Å². The van der Waals surface area contributed by atoms with E-state index in [1.807, 2.05) is 59.5 Å². The van der Waals surface area contributed by atoms with Crippen molar-refractivity contribution in [2.24, 2.45) is 0 Å². The molecule has 0 saturated carbocycles. The van der Waals surface area contributed by atoms with Crippen molar-refractivity contribution in [2.45, 2.75) is 38.2 Å². The Hall–Kier alpha value is -2.82. The maximum absolute atomic E-state index is 13.0. The van der Waals surface area contributed by atoms with Gasteiger partial charge in [-0.2, -0.15) is 0 Å². The molecule has 0 aromatic heterocycles. The molecule has 146 valence electrons. The molecule has 0 spiro atoms. The van der Waals surface area contributed by atoms with Crippen LogP contribution in [-0.2, 0) is 16.0 Å². The van der Waals surface area contributed by atoms with Crippen molar-refractivity contribution in [3.05, 3.63) is 60.2 Å². The number of fused-ring (bicyclic) bond motifs is 1. The summed E-state index contributed by atoms with van der Waals surface area (Å²) in [6.07, 6.45) is 3.70. The second kappa shape index (κ2) is 8.46. The number of hydrogen-bond donors (Lipinski definition) is 0. The lowest BCUT2D eigenvalue weighted by molar-refractivity contribution is -0.139. The monoisotopic (exact) mass is 378 g/mol. The van der Waals surface area contributed by atoms with E-state index in [1.54, 1.807) is 4.90 Å². The second-order valence-electron chi connectivity index (χ2n) is 7.45. The van der Waals surface area contributed by atoms with Crippen LogP contribution < -0.4 is 9.64 Å². The van der Waals surface area contributed by atoms with E-state index in [0.717, 1.165) is 37.2 Å². The molecular formula is C23H26N2O3. The van der Waals surface area contributed by atoms with E-state index in [-0.39, 0.29) is 18.4 Å². The molecule has 0 N–H and O–H groups in total. The van der Waals surface area contributed by atoms with E-state index >= 15 is 0 Å². The van der Waals surface area contributed by atoms with E-state index in [1.165, 1.54) is 6.42 Å². The molecule has 1 atom stereocenters. The molecule has 28 heavy (non-hydrogen) atoms. The number of benzene rings is 2. The van der Waals surface area contributed by atoms with Gasteiger partial charge in [-0.15, -0.1) is 0 Å². The molecule has 5 nitrogen and oxygen atoms in total. The Morgan fingerprint density at radius 1 is 0.929 bits per heavy atom. The normalized spacial score (nSPS) is 18.9. The van der Waals surface area contributed by atoms with E-state index in [0.29, 0.717) is 18.6 Å². The lowest BCUT2D eigenvalue weighted by atomic mass is 10.1. The summed E-state index contributed by atoms with van der Waals surface area (Å²) in [4.78, 5) is 29.6. The first-order valence-electron chi connectivity index (χ1n) is 10.1. The van der Waals surface area contributed by atoms with Gasteiger partial charge in [-0.05, 0) is 43.4 Å². The van der Waals surface area contributed by atoms with Gasteiger partial charge in [0.15, 0.2) is 6.10 Å². The molecular weight excluding hydrogens is 352 g/mol. The number of ether oxygens (including phenoxy) is 1. The van der Waals surface area contributed by atoms with E-state index < -0.39 is 6.10 Å². The molecule has 2 aromatic carbocycles. The number of anilines is 1. The van der Waals surface area contributed by atoms with Crippen molar-refractivity contribution in [2.75, 3.05) is 24.5 Å². The average molecular weight is 378 g/mol. The first-order chi connectivity index (χ1) is 13.7. The lowest BCUT2D eigenvalue weighted by Gasteiger charge is -2.37. The summed E-state index contributed by atoms with van der Waals surface area (Å²) in [5, 5.41) is 0. The Balaban J connectivity index is 1.50. The highest BCUT2D eigenvalue weighted by atomic mass is 16.5. The second-order valence-corrected chi connectivity index (χ2v) is 7.45. The highest BCUT2D eigenvalue weighted by Crippen LogP contribution is 2.34. The third-order valence-corrected chi connectivity index (χ3v) is 5.49. The Kier molecular flexibility index (Phi) is 5.60. The molecule has 5 heteroatoms. The molecule has 2 heterocycles. The zero-order valence-electron chi connectivity index (χ0n) is 16.0. The molecule has 4 rings (SSSR count). The third-order valence-electron chi connectivity index (χ3n) is 5.49. The molecule has 2 aliphatic heterocycles. The smallest absolute Gasteiger partial charge is 0.265 e. The minimum absolute atomic E-state index is 0.00457. The van der Waals surface area contributed by atoms with Gasteiger partial charge >= 0.3 is 0 Å². The number of carbonyl (C=O) groups is 2. The highest BCUT2D eigenvalue weighted by Gasteiger charge is 2.36. The van der Waals surface area contributed by atoms with E-state index in [9.17, 15) is 9.59 Å². The summed E-state index contributed by atoms with van der Waals surface area (Å²) in [6.45, 7) is 1.84. The van der Waals surface area contributed by atoms with Crippen LogP contribution in [0.4, 0.5) is 5.69 Å². The number of piperidine rings is 1. The van der Waals surface area contributed by atoms with Crippen LogP contribution in [0.3, 0.4) is 0 Å². The SMILES string of the molecule is O=C([C@H]1CN(C(=O)CCc2ccccc2)c2ccccc2O1)N1CCCCC1. The zero-order valence-corrected chi connectivity index (χ0v) is 16.0. The fraction of sp³-hybridized carbons (Fsp3) is 0.391. The first-order valence-corrected chi connectivity index (χ1v) is 10.1. The standard InChI is InChI=1S/C23H26N2O3/c26-22(14-13-18-9-3-1-4-10-18)25-17-21(23(27)24-15-7-2-8-16-24)28-20-12-6-5-11-19(20)25/h1,3-6,9-12,21H,2,7-8,13-17H2/t21-/m1/s1. The van der Waals surface area contributed by atoms with Crippen LogP contribution >= 0.6 is 0 Å². The summed E-state index contributed by atoms with van der Waals surface area (Å²) in [6, 6.07) is 17.5. The molecule has 2 aromatic rings. The van der Waals surface area contributed by atoms with Crippen LogP contribution in [0.1, 0.15) is 31.2 Å². The van der Waals surface area contributed by atoms with Gasteiger partial charge in [0.2, 0.25) is 5.91 Å². The summed E-state index contributed by atoms with van der Waals surface area (Å²) in [7, 11) is 0. The van der Waals surface area contributed by atoms with Gasteiger partial charge in [-0.3, -0.25) is 9.59 Å². The first kappa shape index (κ1) is 18.5. The van der Waals surface area contributed by atoms with Gasteiger partial charge in [0.1, 0.15) is 5.75 Å². The van der Waals surface area contributed by atoms with Crippen molar-refractivity contribution in [1.82, 2.24) is 4.90 Å². The summed E-state index contributed by atoms with van der Waals surface area (Å²) >= 11 is 0. The van der Waals surface area contributed by atoms with E-state index in [2.05, 4.69) is 0 Å². The van der Waals surface area contributed by atoms with Crippen molar-refractivity contribution < 1.29 is 14.3 Å². The molecule has 0 bridgehead atoms. The van der Waals surface area contributed by atoms with Gasteiger partial charge in [-0.25, -0.2) is 0 Å². The summed E-state index contributed by atoms with van der Waals surface area (Å²) in [5.74, 6) is 0.628. The Bertz CT molecular complexity index is 831. The maximum Gasteiger partial charge on any atom is 0.265 e. The van der Waals surface area contributed by atoms with Crippen LogP contribution in [0.15, 0.2) is 54.6 Å². The van der Waals surface area contributed by atoms with Crippen LogP contribution in [0, 0.1) is 0 Å². The molecule has 2 aliphatic rings. The average Bonchev–Trinajstić information content (AvgIpc) is 2.77. The number of amides is 2. The fourth-order valence-corrected chi connectivity index (χ4v) is 3.95. The number of hydrogen-bond acceptors (Lipinski definition) is 3. The maximum atomic E-state index is 13.0. The molecule has 1 saturated heterocycles. The lowest BCUT2D eigenvalue weighted by Crippen LogP contribution is -2.52. The predicted molar refractivity (Wildman–Crippen MR) is 108 cm³/mol. The van der Waals surface area contributed by atoms with Gasteiger partial charge in [0.05, 0.1) is 12.2 Å². The van der Waals surface area contributed by atoms with Crippen molar-refractivity contribution in [1.29, 1.82) is 0 Å². The van der Waals surface area contributed by atoms with Crippen LogP contribution in [0.25, 0.3) is 0 Å². The molecule has 1 fully saturated rings. The Morgan fingerprint density at radius 2 is 1.64 bits per heavy atom. The molecule has 2 amide bonds. The number of aryl methyl sites for hydroxylation is 1. The predicted octanol–water partition coefficient (Wildman–Crippen LogP) is 3.43. The zero-order chi connectivity index (χ0) is 19.3. The van der Waals surface area contributed by atoms with Crippen LogP contribution in [-0.4, -0.2) is 42.5 Å². The van der Waals surface area contributed by atoms with Crippen molar-refractivity contribution in [3.8, 4) is 5.75 Å². The van der Waals surface area contributed by atoms with Crippen LogP contribution in [0.2, 0.25) is 0 Å². The summed E-state index contributed by atoms with van der Waals surface area (Å²) in [5.41, 5.74) is 1.89. The number of rotatable bonds is 4. The largest absolute Gasteiger partial charge is 0.476 e. The molecule has 0 unspecified atom stereocenters. The topological polar surface area (TPSA) is 49.9 Å². The van der Waals surface area contributed by atoms with Crippen LogP contribution in [0.5, 0.6) is 5.75 Å². The minimum atomic E-state index is -0.631. The fourth-order valence-electron chi connectivity index (χ4n) is 3.95. The number of carbonyl (C=O) groups excluding carboxylic acids is 2. The van der Waals surface area contributed by atoms with E-state index in [4.69, 9.17) is 4.74 Å². The number of para-hydroxylation sites is 2. The quantitative estimate of drug-likeness (QED) is 0.819. The van der Waals surface area contributed by atoms with Crippen molar-refractivity contribution in [3.63, 3.8) is 0 Å².